The normalized spacial score (nSPS) is 10.4. The second-order valence-electron chi connectivity index (χ2n) is 6.68. The van der Waals surface area contributed by atoms with Gasteiger partial charge in [0, 0.05) is 0 Å². The lowest BCUT2D eigenvalue weighted by Gasteiger charge is -2.10. The van der Waals surface area contributed by atoms with E-state index in [0.29, 0.717) is 24.3 Å². The number of esters is 2. The predicted molar refractivity (Wildman–Crippen MR) is 114 cm³/mol. The molecule has 3 aromatic carbocycles. The maximum atomic E-state index is 11.8. The molecule has 0 bridgehead atoms. The lowest BCUT2D eigenvalue weighted by molar-refractivity contribution is 0.0517. The van der Waals surface area contributed by atoms with Crippen molar-refractivity contribution in [3.05, 3.63) is 83.4 Å². The van der Waals surface area contributed by atoms with Crippen LogP contribution in [0, 0.1) is 6.92 Å². The first-order valence-corrected chi connectivity index (χ1v) is 9.68. The highest BCUT2D eigenvalue weighted by Gasteiger charge is 2.09. The minimum atomic E-state index is -0.314. The van der Waals surface area contributed by atoms with Crippen LogP contribution in [0.4, 0.5) is 0 Å². The van der Waals surface area contributed by atoms with Gasteiger partial charge in [0.15, 0.2) is 0 Å². The van der Waals surface area contributed by atoms with Gasteiger partial charge in [-0.2, -0.15) is 0 Å². The molecule has 0 radical (unpaired) electrons. The molecule has 0 aliphatic heterocycles. The summed E-state index contributed by atoms with van der Waals surface area (Å²) < 4.78 is 10.1. The number of carbonyl (C=O) groups excluding carboxylic acids is 2. The van der Waals surface area contributed by atoms with Crippen LogP contribution < -0.4 is 0 Å². The van der Waals surface area contributed by atoms with Crippen LogP contribution in [0.15, 0.2) is 66.7 Å². The number of hydrogen-bond acceptors (Lipinski definition) is 4. The van der Waals surface area contributed by atoms with Gasteiger partial charge in [-0.25, -0.2) is 9.59 Å². The molecule has 29 heavy (non-hydrogen) atoms. The van der Waals surface area contributed by atoms with Crippen molar-refractivity contribution in [3.63, 3.8) is 0 Å². The highest BCUT2D eigenvalue weighted by Crippen LogP contribution is 2.29. The van der Waals surface area contributed by atoms with Crippen LogP contribution in [0.5, 0.6) is 0 Å². The maximum Gasteiger partial charge on any atom is 0.338 e. The average molecular weight is 388 g/mol. The molecule has 0 unspecified atom stereocenters. The van der Waals surface area contributed by atoms with Gasteiger partial charge in [-0.1, -0.05) is 36.4 Å². The molecule has 0 spiro atoms. The first kappa shape index (κ1) is 20.3. The third kappa shape index (κ3) is 4.91. The van der Waals surface area contributed by atoms with Gasteiger partial charge in [0.25, 0.3) is 0 Å². The van der Waals surface area contributed by atoms with E-state index in [4.69, 9.17) is 9.47 Å². The number of ether oxygens (including phenoxy) is 2. The summed E-state index contributed by atoms with van der Waals surface area (Å²) in [5, 5.41) is 0. The Kier molecular flexibility index (Phi) is 6.45. The molecular weight excluding hydrogens is 364 g/mol. The Hall–Kier alpha value is -3.40. The fourth-order valence-electron chi connectivity index (χ4n) is 3.14. The minimum absolute atomic E-state index is 0.314. The molecule has 0 aliphatic rings. The van der Waals surface area contributed by atoms with E-state index >= 15 is 0 Å². The standard InChI is InChI=1S/C25H24O4/c1-4-28-24(26)20-10-6-18(7-11-20)22-14-17(3)15-23(16-22)19-8-12-21(13-9-19)25(27)29-5-2/h6-16H,4-5H2,1-3H3. The highest BCUT2D eigenvalue weighted by molar-refractivity contribution is 5.91. The van der Waals surface area contributed by atoms with E-state index in [1.54, 1.807) is 38.1 Å². The second-order valence-corrected chi connectivity index (χ2v) is 6.68. The Morgan fingerprint density at radius 2 is 1.00 bits per heavy atom. The van der Waals surface area contributed by atoms with Crippen molar-refractivity contribution >= 4 is 11.9 Å². The SMILES string of the molecule is CCOC(=O)c1ccc(-c2cc(C)cc(-c3ccc(C(=O)OCC)cc3)c2)cc1. The third-order valence-electron chi connectivity index (χ3n) is 4.54. The number of rotatable bonds is 6. The third-order valence-corrected chi connectivity index (χ3v) is 4.54. The molecule has 4 nitrogen and oxygen atoms in total. The lowest BCUT2D eigenvalue weighted by Crippen LogP contribution is -2.04. The lowest BCUT2D eigenvalue weighted by atomic mass is 9.95. The van der Waals surface area contributed by atoms with E-state index in [2.05, 4.69) is 18.2 Å². The van der Waals surface area contributed by atoms with Crippen molar-refractivity contribution in [2.75, 3.05) is 13.2 Å². The zero-order chi connectivity index (χ0) is 20.8. The van der Waals surface area contributed by atoms with Crippen LogP contribution in [0.3, 0.4) is 0 Å². The topological polar surface area (TPSA) is 52.6 Å². The fraction of sp³-hybridized carbons (Fsp3) is 0.200. The molecular formula is C25H24O4. The van der Waals surface area contributed by atoms with Gasteiger partial charge in [0.05, 0.1) is 24.3 Å². The van der Waals surface area contributed by atoms with Crippen LogP contribution in [0.2, 0.25) is 0 Å². The van der Waals surface area contributed by atoms with Gasteiger partial charge in [-0.15, -0.1) is 0 Å². The number of aryl methyl sites for hydroxylation is 1. The van der Waals surface area contributed by atoms with Crippen molar-refractivity contribution < 1.29 is 19.1 Å². The molecule has 4 heteroatoms. The Labute approximate surface area is 171 Å². The number of hydrogen-bond donors (Lipinski definition) is 0. The summed E-state index contributed by atoms with van der Waals surface area (Å²) in [6.45, 7) is 6.35. The van der Waals surface area contributed by atoms with Crippen LogP contribution in [0.25, 0.3) is 22.3 Å². The fourth-order valence-corrected chi connectivity index (χ4v) is 3.14. The van der Waals surface area contributed by atoms with Crippen LogP contribution in [-0.4, -0.2) is 25.2 Å². The number of benzene rings is 3. The van der Waals surface area contributed by atoms with E-state index in [1.165, 1.54) is 0 Å². The molecule has 0 saturated heterocycles. The Balaban J connectivity index is 1.88. The Morgan fingerprint density at radius 1 is 0.621 bits per heavy atom. The summed E-state index contributed by atoms with van der Waals surface area (Å²) in [5.41, 5.74) is 6.37. The maximum absolute atomic E-state index is 11.8. The van der Waals surface area contributed by atoms with Gasteiger partial charge in [0.2, 0.25) is 0 Å². The zero-order valence-electron chi connectivity index (χ0n) is 16.9. The van der Waals surface area contributed by atoms with E-state index < -0.39 is 0 Å². The molecule has 0 N–H and O–H groups in total. The van der Waals surface area contributed by atoms with E-state index in [9.17, 15) is 9.59 Å². The second kappa shape index (κ2) is 9.20. The molecule has 0 saturated carbocycles. The van der Waals surface area contributed by atoms with Crippen molar-refractivity contribution in [2.24, 2.45) is 0 Å². The van der Waals surface area contributed by atoms with E-state index in [-0.39, 0.29) is 11.9 Å². The van der Waals surface area contributed by atoms with Crippen molar-refractivity contribution in [2.45, 2.75) is 20.8 Å². The molecule has 0 aliphatic carbocycles. The summed E-state index contributed by atoms with van der Waals surface area (Å²) in [5.74, 6) is -0.628. The molecule has 148 valence electrons. The van der Waals surface area contributed by atoms with Crippen LogP contribution >= 0.6 is 0 Å². The monoisotopic (exact) mass is 388 g/mol. The largest absolute Gasteiger partial charge is 0.462 e. The van der Waals surface area contributed by atoms with Gasteiger partial charge < -0.3 is 9.47 Å². The quantitative estimate of drug-likeness (QED) is 0.510. The van der Waals surface area contributed by atoms with Crippen molar-refractivity contribution in [1.29, 1.82) is 0 Å². The van der Waals surface area contributed by atoms with E-state index in [1.807, 2.05) is 31.2 Å². The molecule has 0 fully saturated rings. The summed E-state index contributed by atoms with van der Waals surface area (Å²) in [4.78, 5) is 23.7. The van der Waals surface area contributed by atoms with Gasteiger partial charge >= 0.3 is 11.9 Å². The molecule has 0 aromatic heterocycles. The molecule has 0 atom stereocenters. The molecule has 0 amide bonds. The number of carbonyl (C=O) groups is 2. The predicted octanol–water partition coefficient (Wildman–Crippen LogP) is 5.68. The highest BCUT2D eigenvalue weighted by atomic mass is 16.5. The molecule has 0 heterocycles. The van der Waals surface area contributed by atoms with Gasteiger partial charge in [-0.3, -0.25) is 0 Å². The molecule has 3 rings (SSSR count). The van der Waals surface area contributed by atoms with Crippen LogP contribution in [-0.2, 0) is 9.47 Å². The van der Waals surface area contributed by atoms with Crippen molar-refractivity contribution in [3.8, 4) is 22.3 Å². The van der Waals surface area contributed by atoms with Crippen molar-refractivity contribution in [1.82, 2.24) is 0 Å². The van der Waals surface area contributed by atoms with Crippen LogP contribution in [0.1, 0.15) is 40.1 Å². The summed E-state index contributed by atoms with van der Waals surface area (Å²) in [6.07, 6.45) is 0. The van der Waals surface area contributed by atoms with Gasteiger partial charge in [-0.05, 0) is 78.9 Å². The van der Waals surface area contributed by atoms with E-state index in [0.717, 1.165) is 27.8 Å². The first-order chi connectivity index (χ1) is 14.0. The average Bonchev–Trinajstić information content (AvgIpc) is 2.74. The summed E-state index contributed by atoms with van der Waals surface area (Å²) >= 11 is 0. The summed E-state index contributed by atoms with van der Waals surface area (Å²) in [7, 11) is 0. The Morgan fingerprint density at radius 3 is 1.34 bits per heavy atom. The first-order valence-electron chi connectivity index (χ1n) is 9.68. The summed E-state index contributed by atoms with van der Waals surface area (Å²) in [6, 6.07) is 21.1. The smallest absolute Gasteiger partial charge is 0.338 e. The minimum Gasteiger partial charge on any atom is -0.462 e. The zero-order valence-corrected chi connectivity index (χ0v) is 16.9. The Bertz CT molecular complexity index is 922. The molecule has 3 aromatic rings. The van der Waals surface area contributed by atoms with Gasteiger partial charge in [0.1, 0.15) is 0 Å².